The van der Waals surface area contributed by atoms with Gasteiger partial charge in [-0.3, -0.25) is 4.79 Å². The molecule has 1 unspecified atom stereocenters. The van der Waals surface area contributed by atoms with Crippen molar-refractivity contribution in [3.8, 4) is 0 Å². The summed E-state index contributed by atoms with van der Waals surface area (Å²) in [6.07, 6.45) is 1.53. The summed E-state index contributed by atoms with van der Waals surface area (Å²) < 4.78 is 25.8. The fraction of sp³-hybridized carbons (Fsp3) is 0.471. The summed E-state index contributed by atoms with van der Waals surface area (Å²) >= 11 is 0. The third kappa shape index (κ3) is 5.65. The van der Waals surface area contributed by atoms with E-state index in [1.54, 1.807) is 12.1 Å². The van der Waals surface area contributed by atoms with Gasteiger partial charge in [0.15, 0.2) is 0 Å². The van der Waals surface area contributed by atoms with Crippen molar-refractivity contribution in [1.82, 2.24) is 9.62 Å². The third-order valence-electron chi connectivity index (χ3n) is 3.79. The molecule has 0 aliphatic rings. The lowest BCUT2D eigenvalue weighted by atomic mass is 10.1. The molecule has 0 aliphatic carbocycles. The molecule has 1 atom stereocenters. The SMILES string of the molecule is C=CCN(C)S(=O)(=O)c1ccc(NCC(=O)NC(C)C(C)C)cc1. The van der Waals surface area contributed by atoms with Crippen LogP contribution in [0.2, 0.25) is 0 Å². The number of hydrogen-bond acceptors (Lipinski definition) is 4. The van der Waals surface area contributed by atoms with Crippen LogP contribution in [0.3, 0.4) is 0 Å². The zero-order valence-corrected chi connectivity index (χ0v) is 15.6. The Morgan fingerprint density at radius 3 is 2.33 bits per heavy atom. The first kappa shape index (κ1) is 20.2. The van der Waals surface area contributed by atoms with Crippen LogP contribution in [0, 0.1) is 5.92 Å². The number of rotatable bonds is 9. The maximum absolute atomic E-state index is 12.3. The molecule has 0 spiro atoms. The number of likely N-dealkylation sites (N-methyl/N-ethyl adjacent to an activating group) is 1. The molecule has 7 heteroatoms. The maximum Gasteiger partial charge on any atom is 0.243 e. The van der Waals surface area contributed by atoms with Gasteiger partial charge in [0.2, 0.25) is 15.9 Å². The summed E-state index contributed by atoms with van der Waals surface area (Å²) in [6.45, 7) is 9.97. The molecule has 0 fully saturated rings. The Labute approximate surface area is 145 Å². The molecule has 0 saturated heterocycles. The number of amides is 1. The molecule has 0 saturated carbocycles. The van der Waals surface area contributed by atoms with Crippen molar-refractivity contribution in [2.24, 2.45) is 5.92 Å². The van der Waals surface area contributed by atoms with Crippen molar-refractivity contribution in [1.29, 1.82) is 0 Å². The van der Waals surface area contributed by atoms with E-state index in [1.807, 2.05) is 20.8 Å². The number of nitrogens with one attached hydrogen (secondary N) is 2. The van der Waals surface area contributed by atoms with E-state index in [9.17, 15) is 13.2 Å². The lowest BCUT2D eigenvalue weighted by Gasteiger charge is -2.18. The highest BCUT2D eigenvalue weighted by Gasteiger charge is 2.19. The number of hydrogen-bond donors (Lipinski definition) is 2. The fourth-order valence-electron chi connectivity index (χ4n) is 1.86. The Bertz CT molecular complexity index is 654. The highest BCUT2D eigenvalue weighted by molar-refractivity contribution is 7.89. The molecule has 0 aliphatic heterocycles. The minimum atomic E-state index is -3.52. The second-order valence-electron chi connectivity index (χ2n) is 6.05. The van der Waals surface area contributed by atoms with Gasteiger partial charge in [-0.1, -0.05) is 19.9 Å². The van der Waals surface area contributed by atoms with Crippen LogP contribution < -0.4 is 10.6 Å². The molecule has 0 heterocycles. The zero-order chi connectivity index (χ0) is 18.3. The number of carbonyl (C=O) groups is 1. The van der Waals surface area contributed by atoms with Gasteiger partial charge in [0.05, 0.1) is 11.4 Å². The van der Waals surface area contributed by atoms with Crippen molar-refractivity contribution in [3.05, 3.63) is 36.9 Å². The third-order valence-corrected chi connectivity index (χ3v) is 5.63. The van der Waals surface area contributed by atoms with Gasteiger partial charge in [0.25, 0.3) is 0 Å². The lowest BCUT2D eigenvalue weighted by Crippen LogP contribution is -2.39. The highest BCUT2D eigenvalue weighted by atomic mass is 32.2. The Morgan fingerprint density at radius 2 is 1.83 bits per heavy atom. The second kappa shape index (κ2) is 8.84. The molecule has 0 aromatic heterocycles. The average Bonchev–Trinajstić information content (AvgIpc) is 2.53. The molecule has 1 amide bonds. The van der Waals surface area contributed by atoms with Gasteiger partial charge in [-0.15, -0.1) is 6.58 Å². The van der Waals surface area contributed by atoms with E-state index >= 15 is 0 Å². The number of benzene rings is 1. The van der Waals surface area contributed by atoms with E-state index < -0.39 is 10.0 Å². The van der Waals surface area contributed by atoms with E-state index in [2.05, 4.69) is 17.2 Å². The Hall–Kier alpha value is -1.86. The van der Waals surface area contributed by atoms with Crippen LogP contribution >= 0.6 is 0 Å². The van der Waals surface area contributed by atoms with Gasteiger partial charge >= 0.3 is 0 Å². The Balaban J connectivity index is 2.65. The predicted molar refractivity (Wildman–Crippen MR) is 97.4 cm³/mol. The molecular weight excluding hydrogens is 326 g/mol. The minimum absolute atomic E-state index is 0.0985. The van der Waals surface area contributed by atoms with Crippen LogP contribution in [0.5, 0.6) is 0 Å². The molecule has 1 rings (SSSR count). The van der Waals surface area contributed by atoms with Gasteiger partial charge in [-0.25, -0.2) is 8.42 Å². The molecule has 24 heavy (non-hydrogen) atoms. The van der Waals surface area contributed by atoms with Gasteiger partial charge in [-0.05, 0) is 37.1 Å². The summed E-state index contributed by atoms with van der Waals surface area (Å²) in [5.74, 6) is 0.268. The summed E-state index contributed by atoms with van der Waals surface area (Å²) in [6, 6.07) is 6.44. The predicted octanol–water partition coefficient (Wildman–Crippen LogP) is 2.07. The number of nitrogens with zero attached hydrogens (tertiary/aromatic N) is 1. The monoisotopic (exact) mass is 353 g/mol. The van der Waals surface area contributed by atoms with Crippen LogP contribution in [0.15, 0.2) is 41.8 Å². The maximum atomic E-state index is 12.3. The van der Waals surface area contributed by atoms with Crippen LogP contribution in [0.1, 0.15) is 20.8 Å². The second-order valence-corrected chi connectivity index (χ2v) is 8.10. The summed E-state index contributed by atoms with van der Waals surface area (Å²) in [5, 5.41) is 5.89. The molecule has 0 bridgehead atoms. The molecule has 0 radical (unpaired) electrons. The average molecular weight is 353 g/mol. The van der Waals surface area contributed by atoms with Crippen molar-refractivity contribution in [2.45, 2.75) is 31.7 Å². The largest absolute Gasteiger partial charge is 0.376 e. The zero-order valence-electron chi connectivity index (χ0n) is 14.7. The standard InChI is InChI=1S/C17H27N3O3S/c1-6-11-20(5)24(22,23)16-9-7-15(8-10-16)18-12-17(21)19-14(4)13(2)3/h6-10,13-14,18H,1,11-12H2,2-5H3,(H,19,21). The van der Waals surface area contributed by atoms with Gasteiger partial charge in [0, 0.05) is 25.3 Å². The molecule has 6 nitrogen and oxygen atoms in total. The van der Waals surface area contributed by atoms with Crippen LogP contribution in [-0.2, 0) is 14.8 Å². The molecule has 2 N–H and O–H groups in total. The lowest BCUT2D eigenvalue weighted by molar-refractivity contribution is -0.120. The number of sulfonamides is 1. The first-order chi connectivity index (χ1) is 11.2. The number of carbonyl (C=O) groups excluding carboxylic acids is 1. The van der Waals surface area contributed by atoms with E-state index in [4.69, 9.17) is 0 Å². The van der Waals surface area contributed by atoms with Gasteiger partial charge in [0.1, 0.15) is 0 Å². The van der Waals surface area contributed by atoms with Crippen molar-refractivity contribution in [3.63, 3.8) is 0 Å². The fourth-order valence-corrected chi connectivity index (χ4v) is 3.00. The van der Waals surface area contributed by atoms with E-state index in [0.29, 0.717) is 11.6 Å². The molecular formula is C17H27N3O3S. The molecule has 1 aromatic rings. The van der Waals surface area contributed by atoms with E-state index in [-0.39, 0.29) is 29.9 Å². The Morgan fingerprint density at radius 1 is 1.25 bits per heavy atom. The summed E-state index contributed by atoms with van der Waals surface area (Å²) in [5.41, 5.74) is 0.688. The summed E-state index contributed by atoms with van der Waals surface area (Å²) in [4.78, 5) is 12.0. The Kier molecular flexibility index (Phi) is 7.44. The smallest absolute Gasteiger partial charge is 0.243 e. The summed E-state index contributed by atoms with van der Waals surface area (Å²) in [7, 11) is -2.02. The number of anilines is 1. The normalized spacial score (nSPS) is 12.9. The van der Waals surface area contributed by atoms with Gasteiger partial charge in [-0.2, -0.15) is 4.31 Å². The quantitative estimate of drug-likeness (QED) is 0.666. The molecule has 134 valence electrons. The van der Waals surface area contributed by atoms with Gasteiger partial charge < -0.3 is 10.6 Å². The van der Waals surface area contributed by atoms with Crippen LogP contribution in [-0.4, -0.2) is 44.8 Å². The van der Waals surface area contributed by atoms with E-state index in [0.717, 1.165) is 0 Å². The van der Waals surface area contributed by atoms with Crippen molar-refractivity contribution < 1.29 is 13.2 Å². The van der Waals surface area contributed by atoms with E-state index in [1.165, 1.54) is 29.6 Å². The first-order valence-electron chi connectivity index (χ1n) is 7.89. The molecule has 1 aromatic carbocycles. The van der Waals surface area contributed by atoms with Crippen molar-refractivity contribution in [2.75, 3.05) is 25.5 Å². The van der Waals surface area contributed by atoms with Crippen LogP contribution in [0.25, 0.3) is 0 Å². The minimum Gasteiger partial charge on any atom is -0.376 e. The van der Waals surface area contributed by atoms with Crippen molar-refractivity contribution >= 4 is 21.6 Å². The van der Waals surface area contributed by atoms with Crippen LogP contribution in [0.4, 0.5) is 5.69 Å². The topological polar surface area (TPSA) is 78.5 Å². The highest BCUT2D eigenvalue weighted by Crippen LogP contribution is 2.17. The first-order valence-corrected chi connectivity index (χ1v) is 9.33.